The Balaban J connectivity index is 2.32. The molecule has 2 aromatic rings. The highest BCUT2D eigenvalue weighted by atomic mass is 16.6. The molecule has 0 N–H and O–H groups in total. The summed E-state index contributed by atoms with van der Waals surface area (Å²) in [6.45, 7) is 7.52. The molecule has 0 spiro atoms. The Bertz CT molecular complexity index is 861. The smallest absolute Gasteiger partial charge is 0.338 e. The number of hydrogen-bond donors (Lipinski definition) is 0. The molecular formula is C18H18N4O2. The predicted molar refractivity (Wildman–Crippen MR) is 87.1 cm³/mol. The molecule has 1 aromatic heterocycles. The summed E-state index contributed by atoms with van der Waals surface area (Å²) in [4.78, 5) is 16.3. The van der Waals surface area contributed by atoms with Gasteiger partial charge in [0.1, 0.15) is 23.6 Å². The summed E-state index contributed by atoms with van der Waals surface area (Å²) < 4.78 is 7.03. The van der Waals surface area contributed by atoms with E-state index in [1.807, 2.05) is 39.0 Å². The van der Waals surface area contributed by atoms with Crippen LogP contribution >= 0.6 is 0 Å². The van der Waals surface area contributed by atoms with Crippen LogP contribution in [0.2, 0.25) is 0 Å². The van der Waals surface area contributed by atoms with Crippen LogP contribution in [0.1, 0.15) is 53.9 Å². The average molecular weight is 322 g/mol. The molecule has 0 aliphatic heterocycles. The first-order chi connectivity index (χ1) is 11.2. The molecule has 0 saturated carbocycles. The Morgan fingerprint density at radius 2 is 2.00 bits per heavy atom. The van der Waals surface area contributed by atoms with Crippen LogP contribution in [0.5, 0.6) is 0 Å². The summed E-state index contributed by atoms with van der Waals surface area (Å²) in [5.41, 5.74) is 1.03. The van der Waals surface area contributed by atoms with Gasteiger partial charge in [-0.3, -0.25) is 0 Å². The number of ether oxygens (including phenoxy) is 1. The van der Waals surface area contributed by atoms with Gasteiger partial charge in [0, 0.05) is 0 Å². The van der Waals surface area contributed by atoms with E-state index in [2.05, 4.69) is 4.98 Å². The summed E-state index contributed by atoms with van der Waals surface area (Å²) in [7, 11) is 0. The zero-order valence-electron chi connectivity index (χ0n) is 14.1. The minimum atomic E-state index is -0.566. The number of benzene rings is 1. The van der Waals surface area contributed by atoms with E-state index in [9.17, 15) is 10.1 Å². The Morgan fingerprint density at radius 3 is 2.58 bits per heavy atom. The quantitative estimate of drug-likeness (QED) is 0.810. The van der Waals surface area contributed by atoms with Gasteiger partial charge in [-0.1, -0.05) is 12.1 Å². The Hall–Kier alpha value is -3.12. The maximum atomic E-state index is 12.2. The van der Waals surface area contributed by atoms with Crippen molar-refractivity contribution in [2.45, 2.75) is 39.8 Å². The van der Waals surface area contributed by atoms with E-state index in [0.29, 0.717) is 17.9 Å². The predicted octanol–water partition coefficient (Wildman–Crippen LogP) is 2.94. The van der Waals surface area contributed by atoms with Crippen LogP contribution in [0.15, 0.2) is 24.3 Å². The molecule has 0 aliphatic carbocycles. The van der Waals surface area contributed by atoms with E-state index in [-0.39, 0.29) is 11.4 Å². The molecular weight excluding hydrogens is 304 g/mol. The molecule has 0 saturated heterocycles. The molecule has 24 heavy (non-hydrogen) atoms. The number of carbonyl (C=O) groups excluding carboxylic acids is 1. The molecule has 0 radical (unpaired) electrons. The van der Waals surface area contributed by atoms with Crippen LogP contribution in [-0.2, 0) is 11.3 Å². The monoisotopic (exact) mass is 322 g/mol. The van der Waals surface area contributed by atoms with Gasteiger partial charge < -0.3 is 9.30 Å². The van der Waals surface area contributed by atoms with Crippen molar-refractivity contribution < 1.29 is 9.53 Å². The molecule has 0 atom stereocenters. The molecule has 6 nitrogen and oxygen atoms in total. The fourth-order valence-corrected chi connectivity index (χ4v) is 2.27. The lowest BCUT2D eigenvalue weighted by Crippen LogP contribution is -2.24. The van der Waals surface area contributed by atoms with Crippen LogP contribution < -0.4 is 0 Å². The third-order valence-corrected chi connectivity index (χ3v) is 3.27. The number of aryl methyl sites for hydroxylation is 1. The first kappa shape index (κ1) is 17.2. The number of hydrogen-bond acceptors (Lipinski definition) is 5. The van der Waals surface area contributed by atoms with E-state index in [4.69, 9.17) is 10.00 Å². The zero-order chi connectivity index (χ0) is 17.9. The van der Waals surface area contributed by atoms with E-state index in [1.54, 1.807) is 29.7 Å². The fraction of sp³-hybridized carbons (Fsp3) is 0.333. The molecule has 122 valence electrons. The maximum absolute atomic E-state index is 12.2. The third-order valence-electron chi connectivity index (χ3n) is 3.27. The lowest BCUT2D eigenvalue weighted by atomic mass is 10.1. The molecule has 0 bridgehead atoms. The number of nitrogens with zero attached hydrogens (tertiary/aromatic N) is 4. The van der Waals surface area contributed by atoms with Crippen molar-refractivity contribution in [1.29, 1.82) is 10.5 Å². The zero-order valence-corrected chi connectivity index (χ0v) is 14.1. The van der Waals surface area contributed by atoms with Crippen molar-refractivity contribution in [3.63, 3.8) is 0 Å². The van der Waals surface area contributed by atoms with Crippen molar-refractivity contribution >= 4 is 5.97 Å². The second-order valence-corrected chi connectivity index (χ2v) is 6.37. The highest BCUT2D eigenvalue weighted by Crippen LogP contribution is 2.16. The summed E-state index contributed by atoms with van der Waals surface area (Å²) in [6, 6.07) is 10.9. The molecule has 2 rings (SSSR count). The van der Waals surface area contributed by atoms with Crippen molar-refractivity contribution in [3.05, 3.63) is 52.6 Å². The Morgan fingerprint density at radius 1 is 1.29 bits per heavy atom. The van der Waals surface area contributed by atoms with Crippen LogP contribution in [0, 0.1) is 29.6 Å². The summed E-state index contributed by atoms with van der Waals surface area (Å²) in [5, 5.41) is 18.3. The maximum Gasteiger partial charge on any atom is 0.338 e. The molecule has 1 aromatic carbocycles. The Labute approximate surface area is 140 Å². The number of aromatic nitrogens is 2. The molecule has 6 heteroatoms. The number of rotatable bonds is 3. The van der Waals surface area contributed by atoms with E-state index in [1.165, 1.54) is 0 Å². The van der Waals surface area contributed by atoms with E-state index in [0.717, 1.165) is 5.56 Å². The number of esters is 1. The van der Waals surface area contributed by atoms with Gasteiger partial charge in [0.15, 0.2) is 11.4 Å². The van der Waals surface area contributed by atoms with Gasteiger partial charge >= 0.3 is 5.97 Å². The van der Waals surface area contributed by atoms with Gasteiger partial charge in [-0.25, -0.2) is 9.78 Å². The highest BCUT2D eigenvalue weighted by molar-refractivity contribution is 5.89. The SMILES string of the molecule is Cc1nc(C#N)c(C#N)n1Cc1cccc(C(=O)OC(C)(C)C)c1. The van der Waals surface area contributed by atoms with Crippen LogP contribution in [0.25, 0.3) is 0 Å². The minimum Gasteiger partial charge on any atom is -0.456 e. The first-order valence-electron chi connectivity index (χ1n) is 7.45. The van der Waals surface area contributed by atoms with Crippen molar-refractivity contribution in [2.75, 3.05) is 0 Å². The fourth-order valence-electron chi connectivity index (χ4n) is 2.27. The molecule has 0 amide bonds. The van der Waals surface area contributed by atoms with Gasteiger partial charge in [0.25, 0.3) is 0 Å². The highest BCUT2D eigenvalue weighted by Gasteiger charge is 2.19. The molecule has 0 fully saturated rings. The molecule has 0 unspecified atom stereocenters. The lowest BCUT2D eigenvalue weighted by Gasteiger charge is -2.19. The third kappa shape index (κ3) is 3.80. The summed E-state index contributed by atoms with van der Waals surface area (Å²) in [5.74, 6) is 0.177. The van der Waals surface area contributed by atoms with Crippen LogP contribution in [-0.4, -0.2) is 21.1 Å². The van der Waals surface area contributed by atoms with Crippen molar-refractivity contribution in [2.24, 2.45) is 0 Å². The average Bonchev–Trinajstić information content (AvgIpc) is 2.81. The minimum absolute atomic E-state index is 0.110. The first-order valence-corrected chi connectivity index (χ1v) is 7.45. The number of nitriles is 2. The van der Waals surface area contributed by atoms with Gasteiger partial charge in [-0.05, 0) is 45.4 Å². The number of carbonyl (C=O) groups is 1. The van der Waals surface area contributed by atoms with E-state index < -0.39 is 11.6 Å². The summed E-state index contributed by atoms with van der Waals surface area (Å²) >= 11 is 0. The van der Waals surface area contributed by atoms with Crippen LogP contribution in [0.3, 0.4) is 0 Å². The van der Waals surface area contributed by atoms with Crippen molar-refractivity contribution in [3.8, 4) is 12.1 Å². The van der Waals surface area contributed by atoms with Crippen LogP contribution in [0.4, 0.5) is 0 Å². The Kier molecular flexibility index (Phi) is 4.71. The summed E-state index contributed by atoms with van der Waals surface area (Å²) in [6.07, 6.45) is 0. The van der Waals surface area contributed by atoms with E-state index >= 15 is 0 Å². The van der Waals surface area contributed by atoms with Gasteiger partial charge in [-0.15, -0.1) is 0 Å². The second kappa shape index (κ2) is 6.55. The largest absolute Gasteiger partial charge is 0.456 e. The van der Waals surface area contributed by atoms with Gasteiger partial charge in [-0.2, -0.15) is 10.5 Å². The van der Waals surface area contributed by atoms with Crippen molar-refractivity contribution in [1.82, 2.24) is 9.55 Å². The lowest BCUT2D eigenvalue weighted by molar-refractivity contribution is 0.00694. The second-order valence-electron chi connectivity index (χ2n) is 6.37. The standard InChI is InChI=1S/C18H18N4O2/c1-12-21-15(9-19)16(10-20)22(12)11-13-6-5-7-14(8-13)17(23)24-18(2,3)4/h5-8H,11H2,1-4H3. The topological polar surface area (TPSA) is 91.7 Å². The van der Waals surface area contributed by atoms with Gasteiger partial charge in [0.05, 0.1) is 12.1 Å². The molecule has 0 aliphatic rings. The number of imidazole rings is 1. The van der Waals surface area contributed by atoms with Gasteiger partial charge in [0.2, 0.25) is 0 Å². The molecule has 1 heterocycles. The normalized spacial score (nSPS) is 10.8.